The summed E-state index contributed by atoms with van der Waals surface area (Å²) in [6.07, 6.45) is 3.74. The van der Waals surface area contributed by atoms with Gasteiger partial charge in [0.15, 0.2) is 5.76 Å². The molecular formula is C12H17NO3. The molecule has 1 fully saturated rings. The van der Waals surface area contributed by atoms with Crippen LogP contribution in [0.5, 0.6) is 0 Å². The van der Waals surface area contributed by atoms with Gasteiger partial charge in [0.1, 0.15) is 0 Å². The average Bonchev–Trinajstić information content (AvgIpc) is 2.83. The number of rotatable bonds is 3. The first-order chi connectivity index (χ1) is 7.77. The third kappa shape index (κ3) is 2.64. The minimum absolute atomic E-state index is 0.0597. The topological polar surface area (TPSA) is 42.7 Å². The third-order valence-electron chi connectivity index (χ3n) is 2.87. The number of ether oxygens (including phenoxy) is 1. The number of amides is 1. The van der Waals surface area contributed by atoms with Crippen LogP contribution in [0.4, 0.5) is 0 Å². The lowest BCUT2D eigenvalue weighted by Gasteiger charge is -2.26. The average molecular weight is 223 g/mol. The number of nitrogens with zero attached hydrogens (tertiary/aromatic N) is 1. The molecule has 16 heavy (non-hydrogen) atoms. The van der Waals surface area contributed by atoms with E-state index in [1.165, 1.54) is 6.26 Å². The monoisotopic (exact) mass is 223 g/mol. The van der Waals surface area contributed by atoms with Gasteiger partial charge in [0.05, 0.1) is 12.9 Å². The molecule has 4 heteroatoms. The normalized spacial score (nSPS) is 20.7. The lowest BCUT2D eigenvalue weighted by atomic mass is 10.0. The van der Waals surface area contributed by atoms with E-state index in [-0.39, 0.29) is 5.91 Å². The van der Waals surface area contributed by atoms with Crippen molar-refractivity contribution < 1.29 is 13.9 Å². The van der Waals surface area contributed by atoms with Crippen molar-refractivity contribution in [3.63, 3.8) is 0 Å². The Bertz CT molecular complexity index is 328. The Morgan fingerprint density at radius 3 is 3.12 bits per heavy atom. The van der Waals surface area contributed by atoms with E-state index in [0.29, 0.717) is 11.7 Å². The maximum atomic E-state index is 11.9. The fourth-order valence-corrected chi connectivity index (χ4v) is 2.01. The van der Waals surface area contributed by atoms with Gasteiger partial charge >= 0.3 is 0 Å². The van der Waals surface area contributed by atoms with Crippen LogP contribution < -0.4 is 0 Å². The summed E-state index contributed by atoms with van der Waals surface area (Å²) in [4.78, 5) is 13.6. The molecular weight excluding hydrogens is 206 g/mol. The van der Waals surface area contributed by atoms with E-state index in [0.717, 1.165) is 32.6 Å². The zero-order valence-corrected chi connectivity index (χ0v) is 9.52. The molecule has 1 aliphatic rings. The quantitative estimate of drug-likeness (QED) is 0.784. The molecule has 88 valence electrons. The van der Waals surface area contributed by atoms with E-state index in [9.17, 15) is 4.79 Å². The van der Waals surface area contributed by atoms with Gasteiger partial charge in [0, 0.05) is 20.2 Å². The van der Waals surface area contributed by atoms with Gasteiger partial charge in [0.2, 0.25) is 0 Å². The molecule has 1 atom stereocenters. The van der Waals surface area contributed by atoms with Crippen LogP contribution in [0.15, 0.2) is 22.8 Å². The fraction of sp³-hybridized carbons (Fsp3) is 0.583. The Morgan fingerprint density at radius 2 is 2.50 bits per heavy atom. The van der Waals surface area contributed by atoms with Crippen LogP contribution in [-0.4, -0.2) is 37.6 Å². The highest BCUT2D eigenvalue weighted by molar-refractivity contribution is 5.91. The van der Waals surface area contributed by atoms with E-state index < -0.39 is 0 Å². The van der Waals surface area contributed by atoms with E-state index in [4.69, 9.17) is 9.15 Å². The van der Waals surface area contributed by atoms with Gasteiger partial charge < -0.3 is 14.1 Å². The maximum absolute atomic E-state index is 11.9. The summed E-state index contributed by atoms with van der Waals surface area (Å²) in [7, 11) is 1.81. The summed E-state index contributed by atoms with van der Waals surface area (Å²) in [5.41, 5.74) is 0. The molecule has 1 aromatic heterocycles. The largest absolute Gasteiger partial charge is 0.459 e. The zero-order valence-electron chi connectivity index (χ0n) is 9.52. The number of carbonyl (C=O) groups excluding carboxylic acids is 1. The molecule has 0 saturated carbocycles. The van der Waals surface area contributed by atoms with Gasteiger partial charge in [-0.1, -0.05) is 0 Å². The molecule has 0 N–H and O–H groups in total. The number of hydrogen-bond donors (Lipinski definition) is 0. The fourth-order valence-electron chi connectivity index (χ4n) is 2.01. The van der Waals surface area contributed by atoms with Crippen molar-refractivity contribution in [3.05, 3.63) is 24.2 Å². The third-order valence-corrected chi connectivity index (χ3v) is 2.87. The van der Waals surface area contributed by atoms with Crippen LogP contribution >= 0.6 is 0 Å². The molecule has 1 saturated heterocycles. The van der Waals surface area contributed by atoms with Gasteiger partial charge in [-0.05, 0) is 30.9 Å². The zero-order chi connectivity index (χ0) is 11.4. The second-order valence-corrected chi connectivity index (χ2v) is 4.25. The predicted molar refractivity (Wildman–Crippen MR) is 59.2 cm³/mol. The molecule has 0 aliphatic carbocycles. The maximum Gasteiger partial charge on any atom is 0.289 e. The van der Waals surface area contributed by atoms with Crippen LogP contribution in [0, 0.1) is 5.92 Å². The Kier molecular flexibility index (Phi) is 3.62. The van der Waals surface area contributed by atoms with Crippen molar-refractivity contribution >= 4 is 5.91 Å². The Morgan fingerprint density at radius 1 is 1.62 bits per heavy atom. The number of furan rings is 1. The van der Waals surface area contributed by atoms with Crippen molar-refractivity contribution in [2.75, 3.05) is 26.8 Å². The van der Waals surface area contributed by atoms with E-state index in [2.05, 4.69) is 0 Å². The molecule has 4 nitrogen and oxygen atoms in total. The van der Waals surface area contributed by atoms with Gasteiger partial charge in [-0.3, -0.25) is 4.79 Å². The molecule has 1 unspecified atom stereocenters. The Hall–Kier alpha value is -1.29. The molecule has 0 bridgehead atoms. The van der Waals surface area contributed by atoms with Crippen LogP contribution in [0.3, 0.4) is 0 Å². The summed E-state index contributed by atoms with van der Waals surface area (Å²) in [5, 5.41) is 0. The molecule has 2 heterocycles. The van der Waals surface area contributed by atoms with E-state index in [1.54, 1.807) is 24.1 Å². The first-order valence-corrected chi connectivity index (χ1v) is 5.64. The number of carbonyl (C=O) groups is 1. The van der Waals surface area contributed by atoms with Crippen LogP contribution in [0.25, 0.3) is 0 Å². The van der Waals surface area contributed by atoms with Crippen molar-refractivity contribution in [3.8, 4) is 0 Å². The number of hydrogen-bond acceptors (Lipinski definition) is 3. The molecule has 0 radical (unpaired) electrons. The standard InChI is InChI=1S/C12H17NO3/c1-13(8-10-4-2-6-15-9-10)12(14)11-5-3-7-16-11/h3,5,7,10H,2,4,6,8-9H2,1H3. The minimum Gasteiger partial charge on any atom is -0.459 e. The van der Waals surface area contributed by atoms with Gasteiger partial charge in [-0.2, -0.15) is 0 Å². The highest BCUT2D eigenvalue weighted by Gasteiger charge is 2.20. The lowest BCUT2D eigenvalue weighted by Crippen LogP contribution is -2.34. The molecule has 0 aromatic carbocycles. The van der Waals surface area contributed by atoms with Crippen LogP contribution in [0.2, 0.25) is 0 Å². The summed E-state index contributed by atoms with van der Waals surface area (Å²) in [6, 6.07) is 3.42. The van der Waals surface area contributed by atoms with E-state index >= 15 is 0 Å². The van der Waals surface area contributed by atoms with Crippen molar-refractivity contribution in [2.45, 2.75) is 12.8 Å². The molecule has 1 aliphatic heterocycles. The molecule has 2 rings (SSSR count). The van der Waals surface area contributed by atoms with Gasteiger partial charge in [-0.25, -0.2) is 0 Å². The van der Waals surface area contributed by atoms with Gasteiger partial charge in [0.25, 0.3) is 5.91 Å². The Labute approximate surface area is 95.2 Å². The predicted octanol–water partition coefficient (Wildman–Crippen LogP) is 1.78. The molecule has 1 aromatic rings. The lowest BCUT2D eigenvalue weighted by molar-refractivity contribution is 0.0379. The van der Waals surface area contributed by atoms with Crippen molar-refractivity contribution in [1.29, 1.82) is 0 Å². The first-order valence-electron chi connectivity index (χ1n) is 5.64. The van der Waals surface area contributed by atoms with Crippen LogP contribution in [0.1, 0.15) is 23.4 Å². The highest BCUT2D eigenvalue weighted by Crippen LogP contribution is 2.15. The summed E-state index contributed by atoms with van der Waals surface area (Å²) < 4.78 is 10.5. The smallest absolute Gasteiger partial charge is 0.289 e. The van der Waals surface area contributed by atoms with Crippen LogP contribution in [-0.2, 0) is 4.74 Å². The second-order valence-electron chi connectivity index (χ2n) is 4.25. The van der Waals surface area contributed by atoms with Crippen molar-refractivity contribution in [1.82, 2.24) is 4.90 Å². The molecule has 1 amide bonds. The van der Waals surface area contributed by atoms with Gasteiger partial charge in [-0.15, -0.1) is 0 Å². The Balaban J connectivity index is 1.87. The second kappa shape index (κ2) is 5.16. The molecule has 0 spiro atoms. The minimum atomic E-state index is -0.0597. The first kappa shape index (κ1) is 11.2. The SMILES string of the molecule is CN(CC1CCCOC1)C(=O)c1ccco1. The summed E-state index contributed by atoms with van der Waals surface area (Å²) >= 11 is 0. The van der Waals surface area contributed by atoms with E-state index in [1.807, 2.05) is 0 Å². The summed E-state index contributed by atoms with van der Waals surface area (Å²) in [6.45, 7) is 2.35. The highest BCUT2D eigenvalue weighted by atomic mass is 16.5. The summed E-state index contributed by atoms with van der Waals surface area (Å²) in [5.74, 6) is 0.799. The van der Waals surface area contributed by atoms with Crippen molar-refractivity contribution in [2.24, 2.45) is 5.92 Å².